The molecule has 0 atom stereocenters. The molecule has 1 N–H and O–H groups in total. The normalized spacial score (nSPS) is 10.9. The Bertz CT molecular complexity index is 904. The lowest BCUT2D eigenvalue weighted by Gasteiger charge is -2.13. The molecule has 0 spiro atoms. The van der Waals surface area contributed by atoms with E-state index in [9.17, 15) is 23.2 Å². The summed E-state index contributed by atoms with van der Waals surface area (Å²) in [4.78, 5) is 36.2. The smallest absolute Gasteiger partial charge is 0.387 e. The largest absolute Gasteiger partial charge is 0.452 e. The Balaban J connectivity index is 1.92. The zero-order chi connectivity index (χ0) is 21.7. The maximum Gasteiger partial charge on any atom is 0.387 e. The summed E-state index contributed by atoms with van der Waals surface area (Å²) in [5.74, 6) is -2.35. The fraction of sp³-hybridized carbons (Fsp3) is 0.350. The number of nitrogens with zero attached hydrogens (tertiary/aromatic N) is 1. The zero-order valence-electron chi connectivity index (χ0n) is 16.5. The van der Waals surface area contributed by atoms with Gasteiger partial charge in [-0.2, -0.15) is 8.78 Å². The lowest BCUT2D eigenvalue weighted by molar-refractivity contribution is -0.123. The zero-order valence-corrected chi connectivity index (χ0v) is 16.5. The Morgan fingerprint density at radius 2 is 1.72 bits per heavy atom. The van der Waals surface area contributed by atoms with E-state index in [1.54, 1.807) is 13.0 Å². The van der Waals surface area contributed by atoms with E-state index >= 15 is 0 Å². The van der Waals surface area contributed by atoms with Crippen LogP contribution in [-0.4, -0.2) is 35.6 Å². The van der Waals surface area contributed by atoms with Gasteiger partial charge in [0.2, 0.25) is 0 Å². The number of hydrogen-bond acceptors (Lipinski definition) is 5. The van der Waals surface area contributed by atoms with Crippen LogP contribution in [0.25, 0.3) is 0 Å². The second-order valence-electron chi connectivity index (χ2n) is 6.60. The molecule has 0 aliphatic rings. The number of rotatable bonds is 7. The molecule has 1 aromatic heterocycles. The van der Waals surface area contributed by atoms with E-state index in [4.69, 9.17) is 4.74 Å². The number of imide groups is 1. The van der Waals surface area contributed by atoms with Crippen molar-refractivity contribution in [3.05, 3.63) is 52.8 Å². The van der Waals surface area contributed by atoms with Crippen LogP contribution >= 0.6 is 0 Å². The van der Waals surface area contributed by atoms with E-state index in [1.807, 2.05) is 25.3 Å². The van der Waals surface area contributed by atoms with Crippen LogP contribution in [0, 0.1) is 13.8 Å². The van der Waals surface area contributed by atoms with Gasteiger partial charge in [0.25, 0.3) is 11.8 Å². The lowest BCUT2D eigenvalue weighted by Crippen LogP contribution is -2.34. The molecule has 9 heteroatoms. The van der Waals surface area contributed by atoms with Crippen molar-refractivity contribution in [1.29, 1.82) is 0 Å². The first-order chi connectivity index (χ1) is 13.6. The summed E-state index contributed by atoms with van der Waals surface area (Å²) in [5.41, 5.74) is 2.03. The highest BCUT2D eigenvalue weighted by Crippen LogP contribution is 2.20. The average molecular weight is 408 g/mol. The minimum absolute atomic E-state index is 0.0618. The van der Waals surface area contributed by atoms with Crippen LogP contribution in [0.3, 0.4) is 0 Å². The first-order valence-electron chi connectivity index (χ1n) is 8.84. The summed E-state index contributed by atoms with van der Waals surface area (Å²) in [7, 11) is 0. The highest BCUT2D eigenvalue weighted by Gasteiger charge is 2.20. The van der Waals surface area contributed by atoms with Gasteiger partial charge in [-0.25, -0.2) is 4.79 Å². The molecule has 2 rings (SSSR count). The van der Waals surface area contributed by atoms with E-state index in [1.165, 1.54) is 24.3 Å². The summed E-state index contributed by atoms with van der Waals surface area (Å²) in [6.45, 7) is 4.01. The third-order valence-corrected chi connectivity index (χ3v) is 4.15. The predicted molar refractivity (Wildman–Crippen MR) is 100 cm³/mol. The van der Waals surface area contributed by atoms with Crippen LogP contribution in [0.1, 0.15) is 52.0 Å². The van der Waals surface area contributed by atoms with Gasteiger partial charge in [0.05, 0.1) is 5.56 Å². The summed E-state index contributed by atoms with van der Waals surface area (Å²) in [5, 5.41) is 2.06. The number of carbonyl (C=O) groups is 3. The monoisotopic (exact) mass is 408 g/mol. The fourth-order valence-electron chi connectivity index (χ4n) is 3.01. The molecule has 0 fully saturated rings. The molecule has 29 heavy (non-hydrogen) atoms. The number of ether oxygens (including phenoxy) is 2. The Kier molecular flexibility index (Phi) is 7.08. The highest BCUT2D eigenvalue weighted by atomic mass is 19.3. The van der Waals surface area contributed by atoms with Crippen molar-refractivity contribution < 1.29 is 32.6 Å². The topological polar surface area (TPSA) is 86.6 Å². The van der Waals surface area contributed by atoms with Gasteiger partial charge in [-0.3, -0.25) is 14.9 Å². The summed E-state index contributed by atoms with van der Waals surface area (Å²) in [6.07, 6.45) is 0. The second kappa shape index (κ2) is 9.31. The van der Waals surface area contributed by atoms with Crippen LogP contribution in [0.4, 0.5) is 8.78 Å². The van der Waals surface area contributed by atoms with Gasteiger partial charge in [-0.15, -0.1) is 0 Å². The Morgan fingerprint density at radius 3 is 2.24 bits per heavy atom. The van der Waals surface area contributed by atoms with Gasteiger partial charge in [-0.05, 0) is 58.0 Å². The third kappa shape index (κ3) is 5.63. The van der Waals surface area contributed by atoms with E-state index in [2.05, 4.69) is 10.1 Å². The van der Waals surface area contributed by atoms with Crippen LogP contribution in [0.5, 0.6) is 5.75 Å². The molecule has 0 aliphatic carbocycles. The van der Waals surface area contributed by atoms with E-state index in [0.29, 0.717) is 5.56 Å². The first-order valence-corrected chi connectivity index (χ1v) is 8.84. The van der Waals surface area contributed by atoms with Gasteiger partial charge in [0.1, 0.15) is 5.75 Å². The fourth-order valence-corrected chi connectivity index (χ4v) is 3.01. The Hall–Kier alpha value is -3.23. The van der Waals surface area contributed by atoms with E-state index in [-0.39, 0.29) is 17.4 Å². The van der Waals surface area contributed by atoms with Crippen LogP contribution in [-0.2, 0) is 9.53 Å². The number of hydrogen-bond donors (Lipinski definition) is 1. The van der Waals surface area contributed by atoms with Gasteiger partial charge in [0, 0.05) is 23.0 Å². The summed E-state index contributed by atoms with van der Waals surface area (Å²) >= 11 is 0. The molecule has 0 unspecified atom stereocenters. The van der Waals surface area contributed by atoms with Crippen molar-refractivity contribution in [3.8, 4) is 5.75 Å². The van der Waals surface area contributed by atoms with E-state index in [0.717, 1.165) is 11.4 Å². The van der Waals surface area contributed by atoms with Gasteiger partial charge in [0.15, 0.2) is 6.61 Å². The third-order valence-electron chi connectivity index (χ3n) is 4.15. The molecule has 2 aromatic rings. The molecule has 1 aromatic carbocycles. The molecule has 0 aliphatic heterocycles. The molecule has 156 valence electrons. The summed E-state index contributed by atoms with van der Waals surface area (Å²) in [6, 6.07) is 6.66. The molecular weight excluding hydrogens is 386 g/mol. The van der Waals surface area contributed by atoms with Gasteiger partial charge >= 0.3 is 12.6 Å². The predicted octanol–water partition coefficient (Wildman–Crippen LogP) is 3.40. The number of aryl methyl sites for hydroxylation is 1. The Labute approximate surface area is 166 Å². The van der Waals surface area contributed by atoms with Crippen LogP contribution < -0.4 is 10.1 Å². The Morgan fingerprint density at radius 1 is 1.10 bits per heavy atom. The van der Waals surface area contributed by atoms with Crippen molar-refractivity contribution in [3.63, 3.8) is 0 Å². The number of nitrogens with one attached hydrogen (secondary N) is 1. The number of aromatic nitrogens is 1. The number of carbonyl (C=O) groups excluding carboxylic acids is 3. The quantitative estimate of drug-likeness (QED) is 0.710. The minimum Gasteiger partial charge on any atom is -0.452 e. The standard InChI is InChI=1S/C20H22F2N2O5/c1-11(2)24-12(3)9-16(13(24)4)19(27)28-10-17(25)23-18(26)14-5-7-15(8-6-14)29-20(21)22/h5-9,11,20H,10H2,1-4H3,(H,23,25,26). The van der Waals surface area contributed by atoms with Crippen molar-refractivity contribution in [1.82, 2.24) is 9.88 Å². The van der Waals surface area contributed by atoms with Gasteiger partial charge in [-0.1, -0.05) is 0 Å². The maximum atomic E-state index is 12.3. The van der Waals surface area contributed by atoms with Crippen molar-refractivity contribution in [2.24, 2.45) is 0 Å². The van der Waals surface area contributed by atoms with E-state index < -0.39 is 31.0 Å². The average Bonchev–Trinajstić information content (AvgIpc) is 2.94. The SMILES string of the molecule is Cc1cc(C(=O)OCC(=O)NC(=O)c2ccc(OC(F)F)cc2)c(C)n1C(C)C. The number of amides is 2. The first kappa shape index (κ1) is 22.1. The number of alkyl halides is 2. The van der Waals surface area contributed by atoms with Crippen LogP contribution in [0.15, 0.2) is 30.3 Å². The maximum absolute atomic E-state index is 12.3. The molecule has 2 amide bonds. The lowest BCUT2D eigenvalue weighted by atomic mass is 10.2. The molecule has 1 heterocycles. The van der Waals surface area contributed by atoms with Crippen molar-refractivity contribution >= 4 is 17.8 Å². The summed E-state index contributed by atoms with van der Waals surface area (Å²) < 4.78 is 35.4. The number of esters is 1. The molecule has 0 radical (unpaired) electrons. The molecule has 0 saturated heterocycles. The molecule has 0 saturated carbocycles. The molecule has 7 nitrogen and oxygen atoms in total. The second-order valence-corrected chi connectivity index (χ2v) is 6.60. The van der Waals surface area contributed by atoms with Gasteiger partial charge < -0.3 is 14.0 Å². The van der Waals surface area contributed by atoms with Crippen molar-refractivity contribution in [2.45, 2.75) is 40.3 Å². The number of benzene rings is 1. The molecule has 0 bridgehead atoms. The number of halogens is 2. The van der Waals surface area contributed by atoms with Crippen LogP contribution in [0.2, 0.25) is 0 Å². The highest BCUT2D eigenvalue weighted by molar-refractivity contribution is 6.05. The minimum atomic E-state index is -2.98. The van der Waals surface area contributed by atoms with Crippen molar-refractivity contribution in [2.75, 3.05) is 6.61 Å². The molecular formula is C20H22F2N2O5.